The van der Waals surface area contributed by atoms with Crippen LogP contribution in [0.2, 0.25) is 0 Å². The molecular formula is C21H28ClN3O. The number of alkyl halides is 1. The van der Waals surface area contributed by atoms with Gasteiger partial charge in [-0.2, -0.15) is 0 Å². The monoisotopic (exact) mass is 373 g/mol. The van der Waals surface area contributed by atoms with Crippen LogP contribution in [-0.4, -0.2) is 59.8 Å². The Morgan fingerprint density at radius 1 is 1.31 bits per heavy atom. The van der Waals surface area contributed by atoms with E-state index in [0.29, 0.717) is 6.04 Å². The van der Waals surface area contributed by atoms with Crippen LogP contribution in [0.1, 0.15) is 25.0 Å². The number of aromatic nitrogens is 1. The number of halogens is 1. The van der Waals surface area contributed by atoms with Gasteiger partial charge in [0.05, 0.1) is 5.92 Å². The fraction of sp³-hybridized carbons (Fsp3) is 0.476. The molecule has 2 heterocycles. The lowest BCUT2D eigenvalue weighted by Gasteiger charge is -2.40. The van der Waals surface area contributed by atoms with Crippen LogP contribution in [0.4, 0.5) is 0 Å². The second kappa shape index (κ2) is 7.85. The molecule has 1 aromatic heterocycles. The minimum atomic E-state index is -0.0445. The van der Waals surface area contributed by atoms with E-state index in [9.17, 15) is 4.79 Å². The molecule has 1 amide bonds. The lowest BCUT2D eigenvalue weighted by Crippen LogP contribution is -2.47. The van der Waals surface area contributed by atoms with E-state index < -0.39 is 0 Å². The molecule has 0 fully saturated rings. The molecule has 4 nitrogen and oxygen atoms in total. The Kier molecular flexibility index (Phi) is 5.73. The Labute approximate surface area is 160 Å². The largest absolute Gasteiger partial charge is 0.361 e. The summed E-state index contributed by atoms with van der Waals surface area (Å²) in [7, 11) is 2.15. The predicted molar refractivity (Wildman–Crippen MR) is 110 cm³/mol. The van der Waals surface area contributed by atoms with E-state index in [1.807, 2.05) is 4.90 Å². The minimum absolute atomic E-state index is 0.0445. The Hall–Kier alpha value is -1.78. The summed E-state index contributed by atoms with van der Waals surface area (Å²) in [6.07, 6.45) is 6.88. The molecule has 2 aliphatic rings. The van der Waals surface area contributed by atoms with Crippen molar-refractivity contribution in [3.63, 3.8) is 0 Å². The van der Waals surface area contributed by atoms with Crippen molar-refractivity contribution in [2.45, 2.75) is 26.3 Å². The quantitative estimate of drug-likeness (QED) is 0.832. The number of rotatable bonds is 3. The average molecular weight is 374 g/mol. The van der Waals surface area contributed by atoms with Crippen molar-refractivity contribution in [2.75, 3.05) is 33.1 Å². The number of fused-ring (bicyclic) bond motifs is 2. The van der Waals surface area contributed by atoms with Crippen molar-refractivity contribution in [1.29, 1.82) is 0 Å². The second-order valence-electron chi connectivity index (χ2n) is 6.94. The van der Waals surface area contributed by atoms with Gasteiger partial charge in [0.25, 0.3) is 0 Å². The van der Waals surface area contributed by atoms with Crippen LogP contribution in [-0.2, 0) is 11.2 Å². The average Bonchev–Trinajstić information content (AvgIpc) is 3.09. The lowest BCUT2D eigenvalue weighted by atomic mass is 9.79. The molecule has 1 N–H and O–H groups in total. The van der Waals surface area contributed by atoms with Crippen molar-refractivity contribution < 1.29 is 4.79 Å². The molecular weight excluding hydrogens is 346 g/mol. The van der Waals surface area contributed by atoms with Gasteiger partial charge in [0.15, 0.2) is 0 Å². The smallest absolute Gasteiger partial charge is 0.230 e. The van der Waals surface area contributed by atoms with E-state index >= 15 is 0 Å². The number of nitrogens with zero attached hydrogens (tertiary/aromatic N) is 2. The summed E-state index contributed by atoms with van der Waals surface area (Å²) in [5.74, 6) is 0.210. The molecule has 5 heteroatoms. The fourth-order valence-corrected chi connectivity index (χ4v) is 4.38. The number of likely N-dealkylation sites (N-methyl/N-ethyl adjacent to an activating group) is 1. The molecule has 0 radical (unpaired) electrons. The van der Waals surface area contributed by atoms with Gasteiger partial charge >= 0.3 is 0 Å². The van der Waals surface area contributed by atoms with Gasteiger partial charge in [-0.15, -0.1) is 11.6 Å². The highest BCUT2D eigenvalue weighted by molar-refractivity contribution is 6.15. The third-order valence-corrected chi connectivity index (χ3v) is 5.66. The van der Waals surface area contributed by atoms with Crippen LogP contribution in [0.3, 0.4) is 0 Å². The SMILES string of the molecule is CCN(CC)C(=O)[C@@H]1C=C2c3cccc4[nH]cc(c34)C[C@H]2N(C)C1.CCl. The van der Waals surface area contributed by atoms with Crippen molar-refractivity contribution in [3.8, 4) is 0 Å². The first-order valence-electron chi connectivity index (χ1n) is 9.31. The van der Waals surface area contributed by atoms with Crippen molar-refractivity contribution in [2.24, 2.45) is 5.92 Å². The van der Waals surface area contributed by atoms with Crippen LogP contribution in [0.15, 0.2) is 30.5 Å². The van der Waals surface area contributed by atoms with E-state index in [1.165, 1.54) is 34.0 Å². The summed E-state index contributed by atoms with van der Waals surface area (Å²) in [4.78, 5) is 20.6. The van der Waals surface area contributed by atoms with Gasteiger partial charge < -0.3 is 9.88 Å². The summed E-state index contributed by atoms with van der Waals surface area (Å²) in [6, 6.07) is 6.82. The Balaban J connectivity index is 0.000000948. The summed E-state index contributed by atoms with van der Waals surface area (Å²) in [6.45, 7) is 6.47. The zero-order valence-electron chi connectivity index (χ0n) is 16.1. The molecule has 4 rings (SSSR count). The minimum Gasteiger partial charge on any atom is -0.361 e. The number of carbonyl (C=O) groups excluding carboxylic acids is 1. The van der Waals surface area contributed by atoms with Crippen LogP contribution >= 0.6 is 11.6 Å². The van der Waals surface area contributed by atoms with Crippen molar-refractivity contribution in [1.82, 2.24) is 14.8 Å². The molecule has 2 aromatic rings. The van der Waals surface area contributed by atoms with Gasteiger partial charge in [-0.05, 0) is 50.1 Å². The zero-order valence-corrected chi connectivity index (χ0v) is 16.8. The topological polar surface area (TPSA) is 39.3 Å². The van der Waals surface area contributed by atoms with E-state index in [4.69, 9.17) is 0 Å². The molecule has 140 valence electrons. The first-order chi connectivity index (χ1) is 12.6. The molecule has 1 aliphatic carbocycles. The standard InChI is InChI=1S/C20H25N3O.CH3Cl/c1-4-23(5-2)20(24)14-9-16-15-7-6-8-17-19(15)13(11-21-17)10-18(16)22(3)12-14;1-2/h6-9,11,14,18,21H,4-5,10,12H2,1-3H3;1H3/t14-,18-;/m1./s1. The number of carbonyl (C=O) groups is 1. The predicted octanol–water partition coefficient (Wildman–Crippen LogP) is 3.76. The Bertz CT molecular complexity index is 822. The first kappa shape index (κ1) is 19.0. The number of hydrogen-bond donors (Lipinski definition) is 1. The number of benzene rings is 1. The lowest BCUT2D eigenvalue weighted by molar-refractivity contribution is -0.134. The molecule has 1 aliphatic heterocycles. The summed E-state index contributed by atoms with van der Waals surface area (Å²) < 4.78 is 0. The molecule has 1 aromatic carbocycles. The highest BCUT2D eigenvalue weighted by Gasteiger charge is 2.36. The molecule has 0 bridgehead atoms. The highest BCUT2D eigenvalue weighted by Crippen LogP contribution is 2.40. The molecule has 2 atom stereocenters. The van der Waals surface area contributed by atoms with E-state index in [-0.39, 0.29) is 11.8 Å². The van der Waals surface area contributed by atoms with Crippen LogP contribution < -0.4 is 0 Å². The van der Waals surface area contributed by atoms with E-state index in [2.05, 4.69) is 72.9 Å². The van der Waals surface area contributed by atoms with Crippen LogP contribution in [0.25, 0.3) is 16.5 Å². The van der Waals surface area contributed by atoms with Crippen LogP contribution in [0, 0.1) is 5.92 Å². The van der Waals surface area contributed by atoms with Gasteiger partial charge in [0.1, 0.15) is 0 Å². The normalized spacial score (nSPS) is 21.5. The molecule has 0 saturated carbocycles. The maximum absolute atomic E-state index is 12.9. The van der Waals surface area contributed by atoms with Gasteiger partial charge in [0, 0.05) is 49.2 Å². The van der Waals surface area contributed by atoms with Crippen molar-refractivity contribution >= 4 is 34.0 Å². The summed E-state index contributed by atoms with van der Waals surface area (Å²) >= 11 is 4.64. The number of amides is 1. The molecule has 0 saturated heterocycles. The molecule has 0 unspecified atom stereocenters. The first-order valence-corrected chi connectivity index (χ1v) is 10.1. The van der Waals surface area contributed by atoms with Crippen molar-refractivity contribution in [3.05, 3.63) is 41.6 Å². The maximum atomic E-state index is 12.9. The molecule has 26 heavy (non-hydrogen) atoms. The summed E-state index contributed by atoms with van der Waals surface area (Å²) in [5.41, 5.74) is 5.21. The van der Waals surface area contributed by atoms with E-state index in [1.54, 1.807) is 0 Å². The Morgan fingerprint density at radius 3 is 2.73 bits per heavy atom. The zero-order chi connectivity index (χ0) is 18.8. The van der Waals surface area contributed by atoms with E-state index in [0.717, 1.165) is 26.1 Å². The number of hydrogen-bond acceptors (Lipinski definition) is 2. The van der Waals surface area contributed by atoms with Gasteiger partial charge in [-0.1, -0.05) is 18.2 Å². The Morgan fingerprint density at radius 2 is 2.04 bits per heavy atom. The second-order valence-corrected chi connectivity index (χ2v) is 6.94. The summed E-state index contributed by atoms with van der Waals surface area (Å²) in [5, 5.41) is 1.34. The highest BCUT2D eigenvalue weighted by atomic mass is 35.5. The maximum Gasteiger partial charge on any atom is 0.230 e. The van der Waals surface area contributed by atoms with Gasteiger partial charge in [-0.3, -0.25) is 9.69 Å². The van der Waals surface area contributed by atoms with Gasteiger partial charge in [0.2, 0.25) is 5.91 Å². The van der Waals surface area contributed by atoms with Crippen LogP contribution in [0.5, 0.6) is 0 Å². The third-order valence-electron chi connectivity index (χ3n) is 5.66. The van der Waals surface area contributed by atoms with Gasteiger partial charge in [-0.25, -0.2) is 0 Å². The fourth-order valence-electron chi connectivity index (χ4n) is 4.38. The number of aromatic amines is 1. The number of nitrogens with one attached hydrogen (secondary N) is 1. The molecule has 0 spiro atoms. The third kappa shape index (κ3) is 3.06. The number of H-pyrrole nitrogens is 1.